The lowest BCUT2D eigenvalue weighted by Crippen LogP contribution is -2.15. The molecule has 0 fully saturated rings. The maximum absolute atomic E-state index is 11.2. The number of hydrogen-bond acceptors (Lipinski definition) is 6. The summed E-state index contributed by atoms with van der Waals surface area (Å²) in [5.74, 6) is 0.456. The van der Waals surface area contributed by atoms with Crippen LogP contribution in [0.2, 0.25) is 0 Å². The van der Waals surface area contributed by atoms with Crippen LogP contribution in [-0.2, 0) is 4.79 Å². The van der Waals surface area contributed by atoms with Crippen molar-refractivity contribution in [3.8, 4) is 11.1 Å². The first-order chi connectivity index (χ1) is 11.6. The monoisotopic (exact) mass is 341 g/mol. The second-order valence-electron chi connectivity index (χ2n) is 5.53. The molecule has 1 aliphatic rings. The fourth-order valence-corrected chi connectivity index (χ4v) is 3.21. The number of carbonyl (C=O) groups excluding carboxylic acids is 1. The van der Waals surface area contributed by atoms with E-state index in [-0.39, 0.29) is 5.91 Å². The molecule has 1 atom stereocenters. The molecular weight excluding hydrogens is 322 g/mol. The third kappa shape index (κ3) is 4.05. The van der Waals surface area contributed by atoms with Crippen LogP contribution in [0.25, 0.3) is 11.1 Å². The smallest absolute Gasteiger partial charge is 0.222 e. The summed E-state index contributed by atoms with van der Waals surface area (Å²) in [5.41, 5.74) is 8.75. The molecule has 0 radical (unpaired) electrons. The number of aromatic nitrogens is 2. The van der Waals surface area contributed by atoms with Gasteiger partial charge in [-0.2, -0.15) is 0 Å². The summed E-state index contributed by atoms with van der Waals surface area (Å²) >= 11 is 1.82. The third-order valence-electron chi connectivity index (χ3n) is 3.60. The van der Waals surface area contributed by atoms with Gasteiger partial charge in [0.05, 0.1) is 11.4 Å². The highest BCUT2D eigenvalue weighted by Crippen LogP contribution is 2.27. The van der Waals surface area contributed by atoms with Crippen molar-refractivity contribution < 1.29 is 4.79 Å². The Morgan fingerprint density at radius 1 is 1.33 bits per heavy atom. The first kappa shape index (κ1) is 16.3. The molecule has 2 heterocycles. The average Bonchev–Trinajstić information content (AvgIpc) is 3.09. The molecule has 0 aliphatic carbocycles. The molecule has 1 aromatic carbocycles. The minimum Gasteiger partial charge on any atom is -0.397 e. The van der Waals surface area contributed by atoms with Gasteiger partial charge in [-0.05, 0) is 29.5 Å². The molecule has 0 spiro atoms. The van der Waals surface area contributed by atoms with Crippen molar-refractivity contribution in [2.45, 2.75) is 18.6 Å². The molecule has 0 bridgehead atoms. The molecule has 124 valence electrons. The van der Waals surface area contributed by atoms with E-state index in [0.717, 1.165) is 24.1 Å². The van der Waals surface area contributed by atoms with E-state index in [2.05, 4.69) is 32.1 Å². The first-order valence-electron chi connectivity index (χ1n) is 7.65. The molecule has 1 unspecified atom stereocenters. The maximum Gasteiger partial charge on any atom is 0.222 e. The number of nitrogens with one attached hydrogen (secondary N) is 2. The van der Waals surface area contributed by atoms with E-state index < -0.39 is 0 Å². The number of benzene rings is 1. The van der Waals surface area contributed by atoms with E-state index >= 15 is 0 Å². The van der Waals surface area contributed by atoms with Crippen molar-refractivity contribution in [1.29, 1.82) is 0 Å². The lowest BCUT2D eigenvalue weighted by Gasteiger charge is -2.11. The van der Waals surface area contributed by atoms with Crippen molar-refractivity contribution in [3.63, 3.8) is 0 Å². The zero-order valence-electron chi connectivity index (χ0n) is 13.3. The molecule has 1 aromatic heterocycles. The minimum absolute atomic E-state index is 0.158. The average molecular weight is 341 g/mol. The van der Waals surface area contributed by atoms with Crippen LogP contribution < -0.4 is 16.4 Å². The normalized spacial score (nSPS) is 16.1. The largest absolute Gasteiger partial charge is 0.397 e. The van der Waals surface area contributed by atoms with Gasteiger partial charge < -0.3 is 16.4 Å². The predicted molar refractivity (Wildman–Crippen MR) is 99.8 cm³/mol. The van der Waals surface area contributed by atoms with Crippen molar-refractivity contribution >= 4 is 35.0 Å². The van der Waals surface area contributed by atoms with Gasteiger partial charge >= 0.3 is 0 Å². The summed E-state index contributed by atoms with van der Waals surface area (Å²) in [6, 6.07) is 5.47. The number of amides is 1. The second-order valence-corrected chi connectivity index (χ2v) is 6.74. The van der Waals surface area contributed by atoms with Crippen LogP contribution in [0.4, 0.5) is 17.3 Å². The molecule has 6 nitrogen and oxygen atoms in total. The number of nitrogen functional groups attached to an aromatic ring is 1. The summed E-state index contributed by atoms with van der Waals surface area (Å²) < 4.78 is 0. The van der Waals surface area contributed by atoms with Gasteiger partial charge in [-0.25, -0.2) is 9.97 Å². The summed E-state index contributed by atoms with van der Waals surface area (Å²) in [6.45, 7) is 2.29. The Bertz CT molecular complexity index is 752. The predicted octanol–water partition coefficient (Wildman–Crippen LogP) is 3.12. The van der Waals surface area contributed by atoms with Gasteiger partial charge in [0.2, 0.25) is 11.9 Å². The molecule has 3 rings (SSSR count). The van der Waals surface area contributed by atoms with Crippen LogP contribution in [0.5, 0.6) is 0 Å². The van der Waals surface area contributed by atoms with Gasteiger partial charge in [-0.3, -0.25) is 4.79 Å². The Labute approximate surface area is 145 Å². The van der Waals surface area contributed by atoms with Gasteiger partial charge in [-0.15, -0.1) is 11.8 Å². The number of anilines is 3. The third-order valence-corrected chi connectivity index (χ3v) is 4.70. The summed E-state index contributed by atoms with van der Waals surface area (Å²) in [5, 5.41) is 8.65. The molecular formula is C17H19N5OS. The van der Waals surface area contributed by atoms with E-state index in [1.54, 1.807) is 18.5 Å². The zero-order chi connectivity index (χ0) is 16.9. The van der Waals surface area contributed by atoms with E-state index in [0.29, 0.717) is 22.6 Å². The molecule has 24 heavy (non-hydrogen) atoms. The van der Waals surface area contributed by atoms with Crippen molar-refractivity contribution in [2.24, 2.45) is 0 Å². The fraction of sp³-hybridized carbons (Fsp3) is 0.235. The Hall–Kier alpha value is -2.54. The first-order valence-corrected chi connectivity index (χ1v) is 8.60. The zero-order valence-corrected chi connectivity index (χ0v) is 14.1. The van der Waals surface area contributed by atoms with Crippen LogP contribution in [0.1, 0.15) is 13.3 Å². The van der Waals surface area contributed by atoms with Crippen LogP contribution in [0, 0.1) is 0 Å². The molecule has 1 aliphatic heterocycles. The molecule has 4 N–H and O–H groups in total. The number of carbonyl (C=O) groups is 1. The Morgan fingerprint density at radius 3 is 2.79 bits per heavy atom. The SMILES string of the molecule is CC(=O)Nc1cc(-c2cnc(NCC3CC=CS3)nc2)ccc1N. The number of thioether (sulfide) groups is 1. The number of nitrogens with two attached hydrogens (primary N) is 1. The number of nitrogens with zero attached hydrogens (tertiary/aromatic N) is 2. The topological polar surface area (TPSA) is 92.9 Å². The standard InChI is InChI=1S/C17H19N5OS/c1-11(23)22-16-7-12(4-5-15(16)18)13-8-19-17(20-9-13)21-10-14-3-2-6-24-14/h2,4-9,14H,3,10,18H2,1H3,(H,22,23)(H,19,20,21). The highest BCUT2D eigenvalue weighted by molar-refractivity contribution is 8.03. The minimum atomic E-state index is -0.158. The van der Waals surface area contributed by atoms with Gasteiger partial charge in [0.15, 0.2) is 0 Å². The van der Waals surface area contributed by atoms with E-state index in [1.165, 1.54) is 6.92 Å². The highest BCUT2D eigenvalue weighted by atomic mass is 32.2. The number of allylic oxidation sites excluding steroid dienone is 1. The van der Waals surface area contributed by atoms with Gasteiger partial charge in [0, 0.05) is 36.7 Å². The van der Waals surface area contributed by atoms with Gasteiger partial charge in [0.25, 0.3) is 0 Å². The van der Waals surface area contributed by atoms with Gasteiger partial charge in [0.1, 0.15) is 0 Å². The van der Waals surface area contributed by atoms with Crippen LogP contribution in [-0.4, -0.2) is 27.7 Å². The maximum atomic E-state index is 11.2. The fourth-order valence-electron chi connectivity index (χ4n) is 2.37. The molecule has 0 saturated heterocycles. The van der Waals surface area contributed by atoms with E-state index in [9.17, 15) is 4.79 Å². The second kappa shape index (κ2) is 7.35. The van der Waals surface area contributed by atoms with Crippen LogP contribution in [0.3, 0.4) is 0 Å². The Balaban J connectivity index is 1.69. The lowest BCUT2D eigenvalue weighted by atomic mass is 10.1. The summed E-state index contributed by atoms with van der Waals surface area (Å²) in [7, 11) is 0. The van der Waals surface area contributed by atoms with Crippen LogP contribution >= 0.6 is 11.8 Å². The highest BCUT2D eigenvalue weighted by Gasteiger charge is 2.11. The molecule has 0 saturated carbocycles. The Kier molecular flexibility index (Phi) is 5.00. The number of rotatable bonds is 5. The van der Waals surface area contributed by atoms with Crippen molar-refractivity contribution in [3.05, 3.63) is 42.1 Å². The van der Waals surface area contributed by atoms with Gasteiger partial charge in [-0.1, -0.05) is 12.1 Å². The van der Waals surface area contributed by atoms with E-state index in [1.807, 2.05) is 23.9 Å². The lowest BCUT2D eigenvalue weighted by molar-refractivity contribution is -0.114. The molecule has 1 amide bonds. The Morgan fingerprint density at radius 2 is 2.12 bits per heavy atom. The summed E-state index contributed by atoms with van der Waals surface area (Å²) in [4.78, 5) is 20.0. The number of hydrogen-bond donors (Lipinski definition) is 3. The van der Waals surface area contributed by atoms with Crippen molar-refractivity contribution in [2.75, 3.05) is 22.9 Å². The molecule has 2 aromatic rings. The molecule has 7 heteroatoms. The van der Waals surface area contributed by atoms with Crippen LogP contribution in [0.15, 0.2) is 42.1 Å². The van der Waals surface area contributed by atoms with Crippen molar-refractivity contribution in [1.82, 2.24) is 9.97 Å². The van der Waals surface area contributed by atoms with E-state index in [4.69, 9.17) is 5.73 Å². The quantitative estimate of drug-likeness (QED) is 0.724. The summed E-state index contributed by atoms with van der Waals surface area (Å²) in [6.07, 6.45) is 6.78.